The van der Waals surface area contributed by atoms with E-state index in [9.17, 15) is 10.0 Å². The number of rotatable bonds is 4. The van der Waals surface area contributed by atoms with Crippen molar-refractivity contribution in [1.29, 1.82) is 0 Å². The average Bonchev–Trinajstić information content (AvgIpc) is 2.71. The van der Waals surface area contributed by atoms with Crippen LogP contribution in [0, 0.1) is 0 Å². The van der Waals surface area contributed by atoms with Crippen molar-refractivity contribution >= 4 is 5.97 Å². The molecule has 0 amide bonds. The molecule has 0 fully saturated rings. The van der Waals surface area contributed by atoms with E-state index in [1.807, 2.05) is 30.3 Å². The van der Waals surface area contributed by atoms with Crippen LogP contribution in [0.5, 0.6) is 0 Å². The van der Waals surface area contributed by atoms with Gasteiger partial charge in [0.15, 0.2) is 0 Å². The maximum atomic E-state index is 10.9. The fourth-order valence-corrected chi connectivity index (χ4v) is 1.73. The van der Waals surface area contributed by atoms with Gasteiger partial charge >= 0.3 is 5.97 Å². The highest BCUT2D eigenvalue weighted by Crippen LogP contribution is 2.19. The molecule has 0 aliphatic rings. The van der Waals surface area contributed by atoms with Crippen molar-refractivity contribution in [2.24, 2.45) is 5.73 Å². The molecule has 94 valence electrons. The summed E-state index contributed by atoms with van der Waals surface area (Å²) in [6.07, 6.45) is 1.64. The molecule has 0 saturated heterocycles. The molecule has 6 heteroatoms. The molecule has 4 N–H and O–H groups in total. The standard InChI is InChI=1S/C12H13N3O3/c13-11(12(16)17)9-7-14-15(18)10(9)6-8-4-2-1-3-5-8/h1-5,7,11,18H,6,13H2,(H,16,17). The molecule has 0 spiro atoms. The Kier molecular flexibility index (Phi) is 3.29. The van der Waals surface area contributed by atoms with Crippen LogP contribution < -0.4 is 5.73 Å². The Balaban J connectivity index is 2.33. The van der Waals surface area contributed by atoms with Crippen molar-refractivity contribution < 1.29 is 15.1 Å². The second-order valence-electron chi connectivity index (χ2n) is 3.91. The van der Waals surface area contributed by atoms with Crippen LogP contribution in [0.4, 0.5) is 0 Å². The summed E-state index contributed by atoms with van der Waals surface area (Å²) in [5.74, 6) is -1.16. The number of nitrogens with two attached hydrogens (primary N) is 1. The summed E-state index contributed by atoms with van der Waals surface area (Å²) in [7, 11) is 0. The zero-order chi connectivity index (χ0) is 13.1. The van der Waals surface area contributed by atoms with Crippen LogP contribution in [-0.4, -0.2) is 26.2 Å². The van der Waals surface area contributed by atoms with Crippen LogP contribution in [0.2, 0.25) is 0 Å². The maximum absolute atomic E-state index is 10.9. The van der Waals surface area contributed by atoms with Gasteiger partial charge in [-0.3, -0.25) is 4.79 Å². The molecule has 6 nitrogen and oxygen atoms in total. The Morgan fingerprint density at radius 1 is 1.39 bits per heavy atom. The largest absolute Gasteiger partial charge is 0.480 e. The fourth-order valence-electron chi connectivity index (χ4n) is 1.73. The van der Waals surface area contributed by atoms with Gasteiger partial charge in [0, 0.05) is 12.0 Å². The van der Waals surface area contributed by atoms with Gasteiger partial charge in [-0.2, -0.15) is 0 Å². The Bertz CT molecular complexity index is 551. The van der Waals surface area contributed by atoms with Crippen LogP contribution in [0.25, 0.3) is 0 Å². The highest BCUT2D eigenvalue weighted by atomic mass is 16.5. The molecular formula is C12H13N3O3. The Morgan fingerprint density at radius 3 is 2.67 bits per heavy atom. The van der Waals surface area contributed by atoms with Crippen LogP contribution in [0.15, 0.2) is 36.5 Å². The number of carbonyl (C=O) groups is 1. The smallest absolute Gasteiger partial charge is 0.325 e. The van der Waals surface area contributed by atoms with Gasteiger partial charge in [0.25, 0.3) is 0 Å². The number of aromatic nitrogens is 2. The SMILES string of the molecule is NC(C(=O)O)c1cnn(O)c1Cc1ccccc1. The first kappa shape index (κ1) is 12.1. The second-order valence-corrected chi connectivity index (χ2v) is 3.91. The lowest BCUT2D eigenvalue weighted by Crippen LogP contribution is -2.22. The molecule has 0 radical (unpaired) electrons. The van der Waals surface area contributed by atoms with Gasteiger partial charge < -0.3 is 16.0 Å². The predicted octanol–water partition coefficient (Wildman–Crippen LogP) is 0.796. The number of hydrogen-bond acceptors (Lipinski definition) is 4. The molecule has 18 heavy (non-hydrogen) atoms. The molecular weight excluding hydrogens is 234 g/mol. The monoisotopic (exact) mass is 247 g/mol. The summed E-state index contributed by atoms with van der Waals surface area (Å²) < 4.78 is 0. The van der Waals surface area contributed by atoms with Gasteiger partial charge in [-0.1, -0.05) is 30.3 Å². The first-order valence-electron chi connectivity index (χ1n) is 5.38. The molecule has 1 unspecified atom stereocenters. The fraction of sp³-hybridized carbons (Fsp3) is 0.167. The minimum atomic E-state index is -1.19. The highest BCUT2D eigenvalue weighted by Gasteiger charge is 2.22. The van der Waals surface area contributed by atoms with Crippen molar-refractivity contribution in [2.45, 2.75) is 12.5 Å². The Hall–Kier alpha value is -2.34. The van der Waals surface area contributed by atoms with E-state index in [0.717, 1.165) is 5.56 Å². The van der Waals surface area contributed by atoms with E-state index in [1.54, 1.807) is 0 Å². The first-order valence-corrected chi connectivity index (χ1v) is 5.38. The van der Waals surface area contributed by atoms with Gasteiger partial charge in [0.2, 0.25) is 0 Å². The van der Waals surface area contributed by atoms with Gasteiger partial charge in [0.05, 0.1) is 11.9 Å². The van der Waals surface area contributed by atoms with E-state index in [1.165, 1.54) is 6.20 Å². The molecule has 2 aromatic rings. The summed E-state index contributed by atoms with van der Waals surface area (Å²) in [5.41, 5.74) is 7.18. The van der Waals surface area contributed by atoms with E-state index in [-0.39, 0.29) is 0 Å². The molecule has 1 aromatic heterocycles. The van der Waals surface area contributed by atoms with Crippen LogP contribution in [-0.2, 0) is 11.2 Å². The van der Waals surface area contributed by atoms with E-state index in [4.69, 9.17) is 10.8 Å². The molecule has 0 aliphatic carbocycles. The van der Waals surface area contributed by atoms with Crippen molar-refractivity contribution in [3.05, 3.63) is 53.3 Å². The minimum absolute atomic E-state index is 0.314. The Morgan fingerprint density at radius 2 is 2.06 bits per heavy atom. The second kappa shape index (κ2) is 4.89. The van der Waals surface area contributed by atoms with Crippen LogP contribution in [0.3, 0.4) is 0 Å². The van der Waals surface area contributed by atoms with Gasteiger partial charge in [-0.15, -0.1) is 9.94 Å². The summed E-state index contributed by atoms with van der Waals surface area (Å²) in [6, 6.07) is 8.18. The topological polar surface area (TPSA) is 101 Å². The number of carboxylic acids is 1. The number of benzene rings is 1. The third kappa shape index (κ3) is 2.33. The van der Waals surface area contributed by atoms with Crippen molar-refractivity contribution in [1.82, 2.24) is 9.94 Å². The molecule has 0 bridgehead atoms. The normalized spacial score (nSPS) is 12.3. The number of hydrogen-bond donors (Lipinski definition) is 3. The Labute approximate surface area is 103 Å². The number of carboxylic acid groups (broad SMARTS) is 1. The van der Waals surface area contributed by atoms with Gasteiger partial charge in [-0.05, 0) is 5.56 Å². The van der Waals surface area contributed by atoms with E-state index in [0.29, 0.717) is 22.5 Å². The van der Waals surface area contributed by atoms with Crippen LogP contribution >= 0.6 is 0 Å². The minimum Gasteiger partial charge on any atom is -0.480 e. The molecule has 0 aliphatic heterocycles. The number of aliphatic carboxylic acids is 1. The number of nitrogens with zero attached hydrogens (tertiary/aromatic N) is 2. The zero-order valence-corrected chi connectivity index (χ0v) is 9.52. The van der Waals surface area contributed by atoms with Gasteiger partial charge in [0.1, 0.15) is 6.04 Å². The summed E-state index contributed by atoms with van der Waals surface area (Å²) in [5, 5.41) is 22.1. The summed E-state index contributed by atoms with van der Waals surface area (Å²) in [6.45, 7) is 0. The third-order valence-electron chi connectivity index (χ3n) is 2.70. The van der Waals surface area contributed by atoms with Crippen molar-refractivity contribution in [2.75, 3.05) is 0 Å². The summed E-state index contributed by atoms with van der Waals surface area (Å²) in [4.78, 5) is 11.5. The van der Waals surface area contributed by atoms with E-state index < -0.39 is 12.0 Å². The molecule has 1 aromatic carbocycles. The highest BCUT2D eigenvalue weighted by molar-refractivity contribution is 5.75. The molecule has 1 heterocycles. The molecule has 2 rings (SSSR count). The quantitative estimate of drug-likeness (QED) is 0.693. The summed E-state index contributed by atoms with van der Waals surface area (Å²) >= 11 is 0. The lowest BCUT2D eigenvalue weighted by molar-refractivity contribution is -0.138. The van der Waals surface area contributed by atoms with E-state index in [2.05, 4.69) is 5.10 Å². The van der Waals surface area contributed by atoms with Crippen LogP contribution in [0.1, 0.15) is 22.9 Å². The maximum Gasteiger partial charge on any atom is 0.325 e. The van der Waals surface area contributed by atoms with E-state index >= 15 is 0 Å². The predicted molar refractivity (Wildman–Crippen MR) is 63.2 cm³/mol. The molecule has 1 atom stereocenters. The van der Waals surface area contributed by atoms with Crippen molar-refractivity contribution in [3.63, 3.8) is 0 Å². The zero-order valence-electron chi connectivity index (χ0n) is 9.52. The molecule has 0 saturated carbocycles. The lowest BCUT2D eigenvalue weighted by Gasteiger charge is -2.08. The first-order chi connectivity index (χ1) is 8.59. The lowest BCUT2D eigenvalue weighted by atomic mass is 10.0. The average molecular weight is 247 g/mol. The van der Waals surface area contributed by atoms with Gasteiger partial charge in [-0.25, -0.2) is 0 Å². The van der Waals surface area contributed by atoms with Crippen molar-refractivity contribution in [3.8, 4) is 0 Å². The third-order valence-corrected chi connectivity index (χ3v) is 2.70.